The van der Waals surface area contributed by atoms with Gasteiger partial charge in [-0.1, -0.05) is 0 Å². The van der Waals surface area contributed by atoms with Crippen molar-refractivity contribution < 1.29 is 10.6 Å². The Morgan fingerprint density at radius 3 is 3.10 bits per heavy atom. The third-order valence-corrected chi connectivity index (χ3v) is 2.89. The lowest BCUT2D eigenvalue weighted by Crippen LogP contribution is -2.22. The SMILES string of the molecule is [3H]n1ccc(OCc2c(-n3nnn(C)c3=O)coc2Cl)n1. The first-order chi connectivity index (χ1) is 10.1. The van der Waals surface area contributed by atoms with E-state index in [1.165, 1.54) is 25.6 Å². The number of hydrogen-bond donors (Lipinski definition) is 1. The summed E-state index contributed by atoms with van der Waals surface area (Å²) in [4.78, 5) is 11.8. The molecule has 3 rings (SSSR count). The van der Waals surface area contributed by atoms with Crippen LogP contribution < -0.4 is 10.4 Å². The van der Waals surface area contributed by atoms with Crippen LogP contribution in [0, 0.1) is 0 Å². The third-order valence-electron chi connectivity index (χ3n) is 2.57. The van der Waals surface area contributed by atoms with Crippen LogP contribution >= 0.6 is 11.6 Å². The summed E-state index contributed by atoms with van der Waals surface area (Å²) in [5.41, 5.74) is 0.325. The average molecular weight is 299 g/mol. The van der Waals surface area contributed by atoms with Crippen LogP contribution in [0.2, 0.25) is 6.63 Å². The normalized spacial score (nSPS) is 11.6. The van der Waals surface area contributed by atoms with Crippen molar-refractivity contribution in [3.8, 4) is 11.6 Å². The van der Waals surface area contributed by atoms with Crippen molar-refractivity contribution in [2.45, 2.75) is 6.61 Å². The summed E-state index contributed by atoms with van der Waals surface area (Å²) in [6, 6.07) is 1.52. The summed E-state index contributed by atoms with van der Waals surface area (Å²) in [7, 11) is 1.48. The minimum Gasteiger partial charge on any atom is -0.471 e. The number of aromatic amines is 1. The number of tetrazole rings is 1. The molecule has 0 spiro atoms. The molecule has 0 unspecified atom stereocenters. The molecule has 1 N–H and O–H groups in total. The first kappa shape index (κ1) is 11.3. The lowest BCUT2D eigenvalue weighted by Gasteiger charge is -2.03. The molecule has 3 heterocycles. The highest BCUT2D eigenvalue weighted by molar-refractivity contribution is 6.29. The lowest BCUT2D eigenvalue weighted by molar-refractivity contribution is 0.292. The summed E-state index contributed by atoms with van der Waals surface area (Å²) in [5.74, 6) is 0.250. The van der Waals surface area contributed by atoms with Gasteiger partial charge in [0, 0.05) is 19.3 Å². The highest BCUT2D eigenvalue weighted by Crippen LogP contribution is 2.25. The first-order valence-corrected chi connectivity index (χ1v) is 5.87. The molecule has 0 aromatic carbocycles. The summed E-state index contributed by atoms with van der Waals surface area (Å²) < 4.78 is 19.9. The Morgan fingerprint density at radius 1 is 1.60 bits per heavy atom. The van der Waals surface area contributed by atoms with E-state index >= 15 is 0 Å². The maximum Gasteiger partial charge on any atom is 0.368 e. The van der Waals surface area contributed by atoms with Crippen molar-refractivity contribution in [2.24, 2.45) is 7.05 Å². The largest absolute Gasteiger partial charge is 0.471 e. The Labute approximate surface area is 118 Å². The van der Waals surface area contributed by atoms with E-state index in [2.05, 4.69) is 15.5 Å². The number of H-pyrrole nitrogens is 1. The van der Waals surface area contributed by atoms with E-state index in [-0.39, 0.29) is 17.7 Å². The number of ether oxygens (including phenoxy) is 1. The van der Waals surface area contributed by atoms with Gasteiger partial charge in [-0.2, -0.15) is 9.36 Å². The maximum atomic E-state index is 11.8. The zero-order valence-corrected chi connectivity index (χ0v) is 11.0. The van der Waals surface area contributed by atoms with E-state index < -0.39 is 5.69 Å². The molecule has 0 atom stereocenters. The first-order valence-electron chi connectivity index (χ1n) is 5.94. The summed E-state index contributed by atoms with van der Waals surface area (Å²) in [5, 5.41) is 12.0. The van der Waals surface area contributed by atoms with E-state index in [1.54, 1.807) is 0 Å². The van der Waals surface area contributed by atoms with Crippen molar-refractivity contribution in [2.75, 3.05) is 0 Å². The van der Waals surface area contributed by atoms with E-state index in [0.29, 0.717) is 11.3 Å². The fourth-order valence-corrected chi connectivity index (χ4v) is 1.76. The van der Waals surface area contributed by atoms with Crippen molar-refractivity contribution in [3.05, 3.63) is 39.8 Å². The molecular formula is C10H9ClN6O3. The summed E-state index contributed by atoms with van der Waals surface area (Å²) >= 11 is 5.95. The van der Waals surface area contributed by atoms with Crippen LogP contribution in [-0.2, 0) is 13.7 Å². The number of rotatable bonds is 4. The molecule has 0 radical (unpaired) electrons. The van der Waals surface area contributed by atoms with Gasteiger partial charge in [0.1, 0.15) is 18.6 Å². The molecule has 0 aliphatic heterocycles. The molecule has 0 bridgehead atoms. The zero-order chi connectivity index (χ0) is 15.0. The van der Waals surface area contributed by atoms with Gasteiger partial charge < -0.3 is 9.15 Å². The molecule has 0 amide bonds. The summed E-state index contributed by atoms with van der Waals surface area (Å²) in [6.07, 6.45) is 2.71. The molecule has 9 nitrogen and oxygen atoms in total. The Balaban J connectivity index is 1.90. The van der Waals surface area contributed by atoms with Crippen molar-refractivity contribution in [3.63, 3.8) is 0 Å². The molecule has 0 aliphatic rings. The molecule has 10 heteroatoms. The Kier molecular flexibility index (Phi) is 2.74. The van der Waals surface area contributed by atoms with Crippen LogP contribution in [0.3, 0.4) is 0 Å². The van der Waals surface area contributed by atoms with E-state index in [1.807, 2.05) is 0 Å². The lowest BCUT2D eigenvalue weighted by atomic mass is 10.3. The van der Waals surface area contributed by atoms with Gasteiger partial charge in [0.2, 0.25) is 11.1 Å². The second kappa shape index (κ2) is 4.85. The van der Waals surface area contributed by atoms with Crippen molar-refractivity contribution >= 4 is 11.6 Å². The molecule has 0 fully saturated rings. The third kappa shape index (κ3) is 2.07. The summed E-state index contributed by atoms with van der Waals surface area (Å²) in [6.45, 7) is 0.00466. The number of nitrogens with one attached hydrogen (secondary N) is 1. The number of furan rings is 1. The highest BCUT2D eigenvalue weighted by atomic mass is 35.5. The number of aromatic nitrogens is 6. The van der Waals surface area contributed by atoms with Gasteiger partial charge in [0.05, 0.1) is 5.56 Å². The number of aryl methyl sites for hydroxylation is 1. The fourth-order valence-electron chi connectivity index (χ4n) is 1.57. The molecule has 3 aromatic rings. The van der Waals surface area contributed by atoms with Crippen LogP contribution in [-0.4, -0.2) is 30.0 Å². The highest BCUT2D eigenvalue weighted by Gasteiger charge is 2.18. The fraction of sp³-hybridized carbons (Fsp3) is 0.200. The van der Waals surface area contributed by atoms with Crippen LogP contribution in [0.15, 0.2) is 27.7 Å². The second-order valence-electron chi connectivity index (χ2n) is 3.83. The maximum absolute atomic E-state index is 11.8. The predicted molar refractivity (Wildman–Crippen MR) is 66.8 cm³/mol. The minimum absolute atomic E-state index is 0.00466. The second-order valence-corrected chi connectivity index (χ2v) is 4.17. The standard InChI is InChI=1S/C10H9ClN6O3/c1-16-10(18)17(15-14-16)7-5-20-9(11)6(7)4-19-8-2-3-12-13-8/h2-3,5H,4H2,1H3,(H,12,13)/i/hT. The number of halogens is 1. The smallest absolute Gasteiger partial charge is 0.368 e. The molecular weight excluding hydrogens is 288 g/mol. The van der Waals surface area contributed by atoms with E-state index in [9.17, 15) is 4.79 Å². The molecule has 20 heavy (non-hydrogen) atoms. The van der Waals surface area contributed by atoms with Gasteiger partial charge in [0.15, 0.2) is 1.41 Å². The quantitative estimate of drug-likeness (QED) is 0.753. The number of nitrogens with zero attached hydrogens (tertiary/aromatic N) is 5. The average Bonchev–Trinajstić information content (AvgIpc) is 3.11. The van der Waals surface area contributed by atoms with Gasteiger partial charge in [-0.25, -0.2) is 4.79 Å². The molecule has 104 valence electrons. The topological polar surface area (TPSA) is 104 Å². The van der Waals surface area contributed by atoms with E-state index in [4.69, 9.17) is 22.2 Å². The molecule has 0 aliphatic carbocycles. The van der Waals surface area contributed by atoms with Gasteiger partial charge in [-0.3, -0.25) is 5.09 Å². The van der Waals surface area contributed by atoms with Crippen molar-refractivity contribution in [1.29, 1.82) is 0 Å². The minimum atomic E-state index is -0.441. The Hall–Kier alpha value is -2.55. The molecule has 0 saturated heterocycles. The van der Waals surface area contributed by atoms with Crippen molar-refractivity contribution in [1.82, 2.24) is 30.0 Å². The van der Waals surface area contributed by atoms with Crippen LogP contribution in [0.25, 0.3) is 5.69 Å². The monoisotopic (exact) mass is 298 g/mol. The Bertz CT molecular complexity index is 834. The number of hydrogen-bond acceptors (Lipinski definition) is 6. The van der Waals surface area contributed by atoms with Gasteiger partial charge >= 0.3 is 5.69 Å². The van der Waals surface area contributed by atoms with Gasteiger partial charge in [-0.15, -0.1) is 5.10 Å². The van der Waals surface area contributed by atoms with Crippen LogP contribution in [0.4, 0.5) is 0 Å². The molecule has 3 aromatic heterocycles. The van der Waals surface area contributed by atoms with Crippen LogP contribution in [0.1, 0.15) is 5.56 Å². The van der Waals surface area contributed by atoms with Crippen LogP contribution in [0.5, 0.6) is 5.88 Å². The van der Waals surface area contributed by atoms with E-state index in [0.717, 1.165) is 14.5 Å². The van der Waals surface area contributed by atoms with Gasteiger partial charge in [0.25, 0.3) is 0 Å². The zero-order valence-electron chi connectivity index (χ0n) is 11.2. The predicted octanol–water partition coefficient (Wildman–Crippen LogP) is 0.514. The van der Waals surface area contributed by atoms with Gasteiger partial charge in [-0.05, 0) is 22.0 Å². The molecule has 0 saturated carbocycles. The Morgan fingerprint density at radius 2 is 2.45 bits per heavy atom.